The molecule has 0 aromatic heterocycles. The summed E-state index contributed by atoms with van der Waals surface area (Å²) in [6.07, 6.45) is -0.0535. The van der Waals surface area contributed by atoms with E-state index in [-0.39, 0.29) is 19.4 Å². The molecule has 7 heteroatoms. The smallest absolute Gasteiger partial charge is 0.417 e. The Morgan fingerprint density at radius 3 is 1.95 bits per heavy atom. The number of nitrogens with zero attached hydrogens (tertiary/aromatic N) is 2. The molecule has 0 saturated carbocycles. The van der Waals surface area contributed by atoms with Crippen LogP contribution in [0.3, 0.4) is 0 Å². The number of aryl methyl sites for hydroxylation is 1. The minimum atomic E-state index is -1.69. The Morgan fingerprint density at radius 1 is 0.818 bits per heavy atom. The molecule has 5 aromatic carbocycles. The molecule has 5 aromatic rings. The molecule has 4 atom stereocenters. The van der Waals surface area contributed by atoms with Gasteiger partial charge in [0.2, 0.25) is 5.91 Å². The maximum atomic E-state index is 15.0. The Hall–Kier alpha value is -5.97. The number of hydrogen-bond acceptors (Lipinski definition) is 6. The first-order valence-electron chi connectivity index (χ1n) is 19.0. The summed E-state index contributed by atoms with van der Waals surface area (Å²) in [5, 5.41) is 11.9. The van der Waals surface area contributed by atoms with Gasteiger partial charge in [0.25, 0.3) is 0 Å². The SMILES string of the molecule is CC#CC(O)(CCc1ccccc1)CC(=O)C(C(=O)N1C(=O)OCC1c1ccccc1)C(CC)c1cccc(N(Cc2ccccc2)Cc2ccccc2)c1. The zero-order valence-corrected chi connectivity index (χ0v) is 31.5. The quantitative estimate of drug-likeness (QED) is 0.0805. The van der Waals surface area contributed by atoms with E-state index in [2.05, 4.69) is 47.1 Å². The first kappa shape index (κ1) is 38.7. The van der Waals surface area contributed by atoms with Gasteiger partial charge in [-0.15, -0.1) is 5.92 Å². The summed E-state index contributed by atoms with van der Waals surface area (Å²) in [5.74, 6) is 2.68. The molecule has 1 aliphatic rings. The number of aliphatic hydroxyl groups is 1. The highest BCUT2D eigenvalue weighted by Gasteiger charge is 2.47. The number of hydrogen-bond donors (Lipinski definition) is 1. The van der Waals surface area contributed by atoms with E-state index in [4.69, 9.17) is 4.74 Å². The van der Waals surface area contributed by atoms with Gasteiger partial charge in [-0.05, 0) is 66.1 Å². The van der Waals surface area contributed by atoms with Crippen LogP contribution in [0.4, 0.5) is 10.5 Å². The number of carbonyl (C=O) groups excluding carboxylic acids is 3. The van der Waals surface area contributed by atoms with Gasteiger partial charge in [0.15, 0.2) is 0 Å². The fraction of sp³-hybridized carbons (Fsp3) is 0.271. The predicted molar refractivity (Wildman–Crippen MR) is 216 cm³/mol. The summed E-state index contributed by atoms with van der Waals surface area (Å²) < 4.78 is 5.47. The van der Waals surface area contributed by atoms with Crippen molar-refractivity contribution in [3.8, 4) is 11.8 Å². The molecule has 4 unspecified atom stereocenters. The molecule has 6 rings (SSSR count). The molecule has 55 heavy (non-hydrogen) atoms. The minimum Gasteiger partial charge on any atom is -0.446 e. The molecule has 0 bridgehead atoms. The lowest BCUT2D eigenvalue weighted by atomic mass is 9.76. The van der Waals surface area contributed by atoms with E-state index >= 15 is 0 Å². The van der Waals surface area contributed by atoms with Crippen molar-refractivity contribution in [2.45, 2.75) is 70.2 Å². The number of ketones is 1. The number of Topliss-reactive ketones (excluding diaryl/α,β-unsaturated/α-hetero) is 1. The second kappa shape index (κ2) is 18.4. The maximum Gasteiger partial charge on any atom is 0.417 e. The Balaban J connectivity index is 1.38. The van der Waals surface area contributed by atoms with Crippen molar-refractivity contribution in [3.63, 3.8) is 0 Å². The van der Waals surface area contributed by atoms with Gasteiger partial charge in [-0.3, -0.25) is 9.59 Å². The van der Waals surface area contributed by atoms with Gasteiger partial charge in [0, 0.05) is 31.1 Å². The van der Waals surface area contributed by atoms with Gasteiger partial charge >= 0.3 is 6.09 Å². The summed E-state index contributed by atoms with van der Waals surface area (Å²) in [5.41, 5.74) is 4.06. The van der Waals surface area contributed by atoms with Gasteiger partial charge in [-0.25, -0.2) is 9.69 Å². The van der Waals surface area contributed by atoms with Crippen molar-refractivity contribution >= 4 is 23.5 Å². The third-order valence-corrected chi connectivity index (χ3v) is 10.3. The zero-order valence-electron chi connectivity index (χ0n) is 31.5. The fourth-order valence-electron chi connectivity index (χ4n) is 7.55. The van der Waals surface area contributed by atoms with E-state index in [1.165, 1.54) is 0 Å². The van der Waals surface area contributed by atoms with Crippen LogP contribution in [0, 0.1) is 17.8 Å². The van der Waals surface area contributed by atoms with Crippen molar-refractivity contribution < 1.29 is 24.2 Å². The second-order valence-corrected chi connectivity index (χ2v) is 14.2. The van der Waals surface area contributed by atoms with E-state index in [9.17, 15) is 19.5 Å². The molecular formula is C48H48N2O5. The van der Waals surface area contributed by atoms with E-state index in [0.717, 1.165) is 38.4 Å². The summed E-state index contributed by atoms with van der Waals surface area (Å²) in [6, 6.07) is 46.8. The van der Waals surface area contributed by atoms with E-state index < -0.39 is 41.3 Å². The molecule has 1 N–H and O–H groups in total. The van der Waals surface area contributed by atoms with Gasteiger partial charge in [0.1, 0.15) is 30.0 Å². The van der Waals surface area contributed by atoms with Crippen LogP contribution in [0.5, 0.6) is 0 Å². The lowest BCUT2D eigenvalue weighted by molar-refractivity contribution is -0.142. The van der Waals surface area contributed by atoms with Gasteiger partial charge in [-0.2, -0.15) is 0 Å². The number of rotatable bonds is 16. The molecule has 7 nitrogen and oxygen atoms in total. The standard InChI is InChI=1S/C48H48N2O5/c1-3-29-48(54,30-28-36-18-9-5-10-19-36)32-44(51)45(46(52)50-43(35-55-47(50)53)39-24-15-8-16-25-39)42(4-2)40-26-17-27-41(31-40)49(33-37-20-11-6-12-21-37)34-38-22-13-7-14-23-38/h5-27,31,42-43,45,54H,4,28,30,32-35H2,1-2H3. The van der Waals surface area contributed by atoms with Crippen LogP contribution in [0.2, 0.25) is 0 Å². The minimum absolute atomic E-state index is 0.0158. The van der Waals surface area contributed by atoms with Gasteiger partial charge in [-0.1, -0.05) is 146 Å². The fourth-order valence-corrected chi connectivity index (χ4v) is 7.55. The highest BCUT2D eigenvalue weighted by atomic mass is 16.6. The van der Waals surface area contributed by atoms with Gasteiger partial charge < -0.3 is 14.7 Å². The number of benzene rings is 5. The molecule has 2 amide bonds. The lowest BCUT2D eigenvalue weighted by Crippen LogP contribution is -2.45. The molecule has 1 fully saturated rings. The van der Waals surface area contributed by atoms with Crippen molar-refractivity contribution in [2.24, 2.45) is 5.92 Å². The number of carbonyl (C=O) groups is 3. The summed E-state index contributed by atoms with van der Waals surface area (Å²) >= 11 is 0. The van der Waals surface area contributed by atoms with Crippen LogP contribution in [0.15, 0.2) is 146 Å². The Bertz CT molecular complexity index is 2050. The zero-order chi connectivity index (χ0) is 38.6. The molecule has 0 aliphatic carbocycles. The molecule has 280 valence electrons. The van der Waals surface area contributed by atoms with E-state index in [1.807, 2.05) is 122 Å². The monoisotopic (exact) mass is 732 g/mol. The topological polar surface area (TPSA) is 87.2 Å². The highest BCUT2D eigenvalue weighted by molar-refractivity contribution is 6.08. The number of ether oxygens (including phenoxy) is 1. The summed E-state index contributed by atoms with van der Waals surface area (Å²) in [4.78, 5) is 46.6. The molecular weight excluding hydrogens is 685 g/mol. The van der Waals surface area contributed by atoms with Crippen LogP contribution in [0.25, 0.3) is 0 Å². The molecule has 1 saturated heterocycles. The van der Waals surface area contributed by atoms with Crippen molar-refractivity contribution in [2.75, 3.05) is 11.5 Å². The van der Waals surface area contributed by atoms with Crippen LogP contribution < -0.4 is 4.90 Å². The largest absolute Gasteiger partial charge is 0.446 e. The number of imide groups is 1. The van der Waals surface area contributed by atoms with Crippen LogP contribution in [-0.4, -0.2) is 40.0 Å². The second-order valence-electron chi connectivity index (χ2n) is 14.2. The Kier molecular flexibility index (Phi) is 12.9. The van der Waals surface area contributed by atoms with E-state index in [1.54, 1.807) is 6.92 Å². The average molecular weight is 733 g/mol. The summed E-state index contributed by atoms with van der Waals surface area (Å²) in [6.45, 7) is 4.83. The Labute approximate surface area is 324 Å². The molecule has 1 aliphatic heterocycles. The highest BCUT2D eigenvalue weighted by Crippen LogP contribution is 2.38. The molecule has 0 spiro atoms. The van der Waals surface area contributed by atoms with Crippen molar-refractivity contribution in [1.82, 2.24) is 4.90 Å². The van der Waals surface area contributed by atoms with Crippen LogP contribution in [-0.2, 0) is 33.8 Å². The third-order valence-electron chi connectivity index (χ3n) is 10.3. The van der Waals surface area contributed by atoms with Crippen LogP contribution >= 0.6 is 0 Å². The lowest BCUT2D eigenvalue weighted by Gasteiger charge is -2.32. The first-order chi connectivity index (χ1) is 26.8. The number of anilines is 1. The normalized spacial score (nSPS) is 15.9. The summed E-state index contributed by atoms with van der Waals surface area (Å²) in [7, 11) is 0. The maximum absolute atomic E-state index is 15.0. The first-order valence-corrected chi connectivity index (χ1v) is 19.0. The Morgan fingerprint density at radius 2 is 1.38 bits per heavy atom. The number of amides is 2. The van der Waals surface area contributed by atoms with Crippen molar-refractivity contribution in [1.29, 1.82) is 0 Å². The van der Waals surface area contributed by atoms with Crippen LogP contribution in [0.1, 0.15) is 72.9 Å². The number of cyclic esters (lactones) is 1. The third kappa shape index (κ3) is 9.78. The molecule has 0 radical (unpaired) electrons. The van der Waals surface area contributed by atoms with E-state index in [0.29, 0.717) is 25.9 Å². The molecule has 1 heterocycles. The van der Waals surface area contributed by atoms with Crippen molar-refractivity contribution in [3.05, 3.63) is 173 Å². The predicted octanol–water partition coefficient (Wildman–Crippen LogP) is 9.07. The average Bonchev–Trinajstić information content (AvgIpc) is 3.61. The van der Waals surface area contributed by atoms with Gasteiger partial charge in [0.05, 0.1) is 0 Å².